The lowest BCUT2D eigenvalue weighted by atomic mass is 10.2. The number of benzene rings is 1. The number of nitrogens with zero attached hydrogens (tertiary/aromatic N) is 1. The number of carbonyl (C=O) groups excluding carboxylic acids is 1. The molecule has 0 heterocycles. The van der Waals surface area contributed by atoms with Crippen LogP contribution < -0.4 is 11.1 Å². The third-order valence-electron chi connectivity index (χ3n) is 1.92. The monoisotopic (exact) mass is 245 g/mol. The van der Waals surface area contributed by atoms with E-state index in [9.17, 15) is 23.7 Å². The van der Waals surface area contributed by atoms with Crippen LogP contribution in [0.5, 0.6) is 0 Å². The molecule has 1 aromatic carbocycles. The molecule has 0 aliphatic heterocycles. The minimum Gasteiger partial charge on any atom is -0.379 e. The normalized spacial score (nSPS) is 10.0. The number of anilines is 1. The van der Waals surface area contributed by atoms with Gasteiger partial charge in [0.1, 0.15) is 5.69 Å². The predicted octanol–water partition coefficient (Wildman–Crippen LogP) is 1.16. The maximum Gasteiger partial charge on any atom is 0.295 e. The Hall–Kier alpha value is -2.25. The Labute approximate surface area is 94.6 Å². The number of rotatable bonds is 5. The average Bonchev–Trinajstić information content (AvgIpc) is 2.22. The Balaban J connectivity index is 2.92. The SMILES string of the molecule is NC(=O)CCNc1cc(F)c(F)cc1[N+](=O)[O-]. The van der Waals surface area contributed by atoms with Gasteiger partial charge in [0.15, 0.2) is 11.6 Å². The Kier molecular flexibility index (Phi) is 3.91. The second-order valence-corrected chi connectivity index (χ2v) is 3.18. The molecule has 0 radical (unpaired) electrons. The van der Waals surface area contributed by atoms with Crippen LogP contribution in [0.15, 0.2) is 12.1 Å². The van der Waals surface area contributed by atoms with Crippen LogP contribution in [0.3, 0.4) is 0 Å². The van der Waals surface area contributed by atoms with Crippen molar-refractivity contribution < 1.29 is 18.5 Å². The van der Waals surface area contributed by atoms with E-state index in [0.29, 0.717) is 12.1 Å². The fraction of sp³-hybridized carbons (Fsp3) is 0.222. The molecule has 0 saturated carbocycles. The van der Waals surface area contributed by atoms with Gasteiger partial charge in [0.25, 0.3) is 5.69 Å². The molecule has 1 amide bonds. The number of carbonyl (C=O) groups is 1. The summed E-state index contributed by atoms with van der Waals surface area (Å²) in [5, 5.41) is 13.0. The Bertz CT molecular complexity index is 465. The van der Waals surface area contributed by atoms with Crippen molar-refractivity contribution in [1.82, 2.24) is 0 Å². The van der Waals surface area contributed by atoms with E-state index in [4.69, 9.17) is 5.73 Å². The molecule has 1 aromatic rings. The van der Waals surface area contributed by atoms with E-state index in [2.05, 4.69) is 5.32 Å². The molecule has 17 heavy (non-hydrogen) atoms. The largest absolute Gasteiger partial charge is 0.379 e. The van der Waals surface area contributed by atoms with Crippen LogP contribution in [0.2, 0.25) is 0 Å². The van der Waals surface area contributed by atoms with E-state index < -0.39 is 28.2 Å². The molecule has 0 fully saturated rings. The van der Waals surface area contributed by atoms with Crippen LogP contribution in [0.25, 0.3) is 0 Å². The summed E-state index contributed by atoms with van der Waals surface area (Å²) in [6, 6.07) is 1.14. The highest BCUT2D eigenvalue weighted by molar-refractivity contribution is 5.74. The van der Waals surface area contributed by atoms with Gasteiger partial charge in [-0.2, -0.15) is 0 Å². The van der Waals surface area contributed by atoms with E-state index in [0.717, 1.165) is 0 Å². The Morgan fingerprint density at radius 1 is 1.41 bits per heavy atom. The fourth-order valence-electron chi connectivity index (χ4n) is 1.15. The lowest BCUT2D eigenvalue weighted by Gasteiger charge is -2.06. The van der Waals surface area contributed by atoms with E-state index in [1.807, 2.05) is 0 Å². The van der Waals surface area contributed by atoms with Crippen molar-refractivity contribution in [3.05, 3.63) is 33.9 Å². The Morgan fingerprint density at radius 3 is 2.53 bits per heavy atom. The van der Waals surface area contributed by atoms with E-state index >= 15 is 0 Å². The quantitative estimate of drug-likeness (QED) is 0.600. The molecule has 0 atom stereocenters. The first-order valence-electron chi connectivity index (χ1n) is 4.57. The molecule has 0 bridgehead atoms. The molecular weight excluding hydrogens is 236 g/mol. The van der Waals surface area contributed by atoms with Crippen LogP contribution in [-0.4, -0.2) is 17.4 Å². The number of primary amides is 1. The van der Waals surface area contributed by atoms with Crippen LogP contribution in [-0.2, 0) is 4.79 Å². The number of nitro benzene ring substituents is 1. The molecule has 0 spiro atoms. The smallest absolute Gasteiger partial charge is 0.295 e. The molecule has 6 nitrogen and oxygen atoms in total. The summed E-state index contributed by atoms with van der Waals surface area (Å²) in [5.74, 6) is -3.13. The fourth-order valence-corrected chi connectivity index (χ4v) is 1.15. The predicted molar refractivity (Wildman–Crippen MR) is 55.3 cm³/mol. The van der Waals surface area contributed by atoms with E-state index in [-0.39, 0.29) is 18.7 Å². The number of nitrogens with two attached hydrogens (primary N) is 1. The summed E-state index contributed by atoms with van der Waals surface area (Å²) in [6.07, 6.45) is -0.0733. The van der Waals surface area contributed by atoms with Gasteiger partial charge in [0.05, 0.1) is 11.0 Å². The summed E-state index contributed by atoms with van der Waals surface area (Å²) in [6.45, 7) is 0.00124. The summed E-state index contributed by atoms with van der Waals surface area (Å²) in [7, 11) is 0. The molecule has 0 aromatic heterocycles. The van der Waals surface area contributed by atoms with Gasteiger partial charge in [-0.05, 0) is 0 Å². The lowest BCUT2D eigenvalue weighted by molar-refractivity contribution is -0.384. The molecule has 0 unspecified atom stereocenters. The van der Waals surface area contributed by atoms with Gasteiger partial charge in [0, 0.05) is 19.0 Å². The maximum absolute atomic E-state index is 12.9. The average molecular weight is 245 g/mol. The number of hydrogen-bond donors (Lipinski definition) is 2. The van der Waals surface area contributed by atoms with Crippen LogP contribution in [0.1, 0.15) is 6.42 Å². The molecule has 0 aliphatic carbocycles. The second-order valence-electron chi connectivity index (χ2n) is 3.18. The summed E-state index contributed by atoms with van der Waals surface area (Å²) >= 11 is 0. The van der Waals surface area contributed by atoms with Gasteiger partial charge in [-0.3, -0.25) is 14.9 Å². The molecule has 0 aliphatic rings. The zero-order chi connectivity index (χ0) is 13.0. The summed E-state index contributed by atoms with van der Waals surface area (Å²) in [5.41, 5.74) is 4.06. The molecule has 8 heteroatoms. The van der Waals surface area contributed by atoms with Crippen molar-refractivity contribution in [2.24, 2.45) is 5.73 Å². The molecule has 92 valence electrons. The Morgan fingerprint density at radius 2 is 2.00 bits per heavy atom. The van der Waals surface area contributed by atoms with E-state index in [1.54, 1.807) is 0 Å². The van der Waals surface area contributed by atoms with Crippen molar-refractivity contribution in [2.75, 3.05) is 11.9 Å². The second kappa shape index (κ2) is 5.19. The third-order valence-corrected chi connectivity index (χ3v) is 1.92. The number of hydrogen-bond acceptors (Lipinski definition) is 4. The molecule has 3 N–H and O–H groups in total. The van der Waals surface area contributed by atoms with Crippen LogP contribution in [0, 0.1) is 21.7 Å². The van der Waals surface area contributed by atoms with Gasteiger partial charge >= 0.3 is 0 Å². The highest BCUT2D eigenvalue weighted by atomic mass is 19.2. The number of nitrogens with one attached hydrogen (secondary N) is 1. The summed E-state index contributed by atoms with van der Waals surface area (Å²) in [4.78, 5) is 20.2. The zero-order valence-corrected chi connectivity index (χ0v) is 8.57. The van der Waals surface area contributed by atoms with Gasteiger partial charge < -0.3 is 11.1 Å². The van der Waals surface area contributed by atoms with Crippen molar-refractivity contribution in [2.45, 2.75) is 6.42 Å². The minimum atomic E-state index is -1.31. The van der Waals surface area contributed by atoms with Gasteiger partial charge in [-0.25, -0.2) is 8.78 Å². The number of amides is 1. The number of nitro groups is 1. The topological polar surface area (TPSA) is 98.3 Å². The highest BCUT2D eigenvalue weighted by Crippen LogP contribution is 2.26. The van der Waals surface area contributed by atoms with Crippen molar-refractivity contribution in [3.8, 4) is 0 Å². The first-order chi connectivity index (χ1) is 7.91. The van der Waals surface area contributed by atoms with E-state index in [1.165, 1.54) is 0 Å². The van der Waals surface area contributed by atoms with Crippen molar-refractivity contribution >= 4 is 17.3 Å². The maximum atomic E-state index is 12.9. The van der Waals surface area contributed by atoms with Crippen LogP contribution >= 0.6 is 0 Å². The molecule has 0 saturated heterocycles. The summed E-state index contributed by atoms with van der Waals surface area (Å²) < 4.78 is 25.7. The van der Waals surface area contributed by atoms with Gasteiger partial charge in [-0.15, -0.1) is 0 Å². The molecule has 1 rings (SSSR count). The number of halogens is 2. The lowest BCUT2D eigenvalue weighted by Crippen LogP contribution is -2.16. The third kappa shape index (κ3) is 3.37. The molecular formula is C9H9F2N3O3. The highest BCUT2D eigenvalue weighted by Gasteiger charge is 2.18. The van der Waals surface area contributed by atoms with Crippen molar-refractivity contribution in [1.29, 1.82) is 0 Å². The van der Waals surface area contributed by atoms with Crippen molar-refractivity contribution in [3.63, 3.8) is 0 Å². The zero-order valence-electron chi connectivity index (χ0n) is 8.57. The van der Waals surface area contributed by atoms with Crippen LogP contribution in [0.4, 0.5) is 20.2 Å². The standard InChI is InChI=1S/C9H9F2N3O3/c10-5-3-7(13-2-1-9(12)15)8(14(16)17)4-6(5)11/h3-4,13H,1-2H2,(H2,12,15). The minimum absolute atomic E-state index is 0.00124. The van der Waals surface area contributed by atoms with Gasteiger partial charge in [0.2, 0.25) is 5.91 Å². The first-order valence-corrected chi connectivity index (χ1v) is 4.57. The first kappa shape index (κ1) is 12.8. The van der Waals surface area contributed by atoms with Gasteiger partial charge in [-0.1, -0.05) is 0 Å².